The minimum Gasteiger partial charge on any atom is -0.422 e. The van der Waals surface area contributed by atoms with E-state index in [0.29, 0.717) is 11.3 Å². The van der Waals surface area contributed by atoms with Gasteiger partial charge in [0.1, 0.15) is 5.76 Å². The van der Waals surface area contributed by atoms with E-state index < -0.39 is 0 Å². The Morgan fingerprint density at radius 2 is 1.68 bits per heavy atom. The van der Waals surface area contributed by atoms with Crippen molar-refractivity contribution in [1.29, 1.82) is 0 Å². The molecule has 0 bridgehead atoms. The topological polar surface area (TPSA) is 26.3 Å². The number of carbonyl (C=O) groups is 1. The molecule has 0 radical (unpaired) electrons. The van der Waals surface area contributed by atoms with Crippen LogP contribution in [0.3, 0.4) is 0 Å². The third-order valence-electron chi connectivity index (χ3n) is 3.22. The van der Waals surface area contributed by atoms with Crippen molar-refractivity contribution in [1.82, 2.24) is 0 Å². The Hall–Kier alpha value is -2.39. The van der Waals surface area contributed by atoms with Crippen LogP contribution in [-0.4, -0.2) is 5.97 Å². The van der Waals surface area contributed by atoms with E-state index >= 15 is 0 Å². The van der Waals surface area contributed by atoms with Crippen LogP contribution in [0.2, 0.25) is 0 Å². The van der Waals surface area contributed by atoms with E-state index in [2.05, 4.69) is 15.9 Å². The molecule has 0 saturated heterocycles. The number of cyclic esters (lactones) is 1. The molecule has 0 unspecified atom stereocenters. The average Bonchev–Trinajstić information content (AvgIpc) is 2.90. The van der Waals surface area contributed by atoms with Crippen LogP contribution in [0.1, 0.15) is 11.1 Å². The molecule has 2 nitrogen and oxygen atoms in total. The molecule has 1 aliphatic heterocycles. The number of allylic oxidation sites excluding steroid dienone is 2. The summed E-state index contributed by atoms with van der Waals surface area (Å²) >= 11 is 3.39. The number of ether oxygens (including phenoxy) is 1. The molecule has 22 heavy (non-hydrogen) atoms. The zero-order chi connectivity index (χ0) is 15.4. The second-order valence-corrected chi connectivity index (χ2v) is 5.71. The monoisotopic (exact) mass is 352 g/mol. The Bertz CT molecular complexity index is 769. The molecule has 108 valence electrons. The Kier molecular flexibility index (Phi) is 4.35. The average molecular weight is 353 g/mol. The van der Waals surface area contributed by atoms with Crippen LogP contribution in [0.25, 0.3) is 11.8 Å². The Labute approximate surface area is 137 Å². The summed E-state index contributed by atoms with van der Waals surface area (Å²) in [5.74, 6) is 0.257. The van der Waals surface area contributed by atoms with Gasteiger partial charge in [-0.1, -0.05) is 70.5 Å². The summed E-state index contributed by atoms with van der Waals surface area (Å²) in [7, 11) is 0. The molecule has 0 saturated carbocycles. The lowest BCUT2D eigenvalue weighted by Crippen LogP contribution is -1.96. The number of hydrogen-bond acceptors (Lipinski definition) is 2. The van der Waals surface area contributed by atoms with Gasteiger partial charge < -0.3 is 4.74 Å². The Morgan fingerprint density at radius 3 is 2.41 bits per heavy atom. The maximum atomic E-state index is 11.9. The lowest BCUT2D eigenvalue weighted by Gasteiger charge is -2.01. The second kappa shape index (κ2) is 6.58. The molecule has 0 aromatic heterocycles. The Morgan fingerprint density at radius 1 is 0.955 bits per heavy atom. The van der Waals surface area contributed by atoms with Gasteiger partial charge in [0.25, 0.3) is 0 Å². The van der Waals surface area contributed by atoms with Crippen molar-refractivity contribution in [2.24, 2.45) is 0 Å². The normalized spacial score (nSPS) is 16.1. The number of esters is 1. The van der Waals surface area contributed by atoms with Gasteiger partial charge in [-0.05, 0) is 29.8 Å². The van der Waals surface area contributed by atoms with E-state index in [1.165, 1.54) is 0 Å². The quantitative estimate of drug-likeness (QED) is 0.574. The van der Waals surface area contributed by atoms with Crippen molar-refractivity contribution in [3.05, 3.63) is 94.0 Å². The summed E-state index contributed by atoms with van der Waals surface area (Å²) in [6.45, 7) is 0. The highest BCUT2D eigenvalue weighted by Gasteiger charge is 2.21. The molecule has 0 fully saturated rings. The van der Waals surface area contributed by atoms with Crippen molar-refractivity contribution in [3.63, 3.8) is 0 Å². The predicted molar refractivity (Wildman–Crippen MR) is 91.8 cm³/mol. The number of rotatable bonds is 3. The molecule has 2 aromatic carbocycles. The van der Waals surface area contributed by atoms with E-state index in [1.54, 1.807) is 12.2 Å². The first kappa shape index (κ1) is 14.5. The van der Waals surface area contributed by atoms with Crippen molar-refractivity contribution in [2.75, 3.05) is 0 Å². The molecular weight excluding hydrogens is 340 g/mol. The second-order valence-electron chi connectivity index (χ2n) is 4.80. The lowest BCUT2D eigenvalue weighted by molar-refractivity contribution is -0.130. The summed E-state index contributed by atoms with van der Waals surface area (Å²) in [5.41, 5.74) is 2.51. The maximum Gasteiger partial charge on any atom is 0.343 e. The smallest absolute Gasteiger partial charge is 0.343 e. The van der Waals surface area contributed by atoms with Crippen LogP contribution >= 0.6 is 15.9 Å². The van der Waals surface area contributed by atoms with Gasteiger partial charge in [-0.15, -0.1) is 0 Å². The predicted octanol–water partition coefficient (Wildman–Crippen LogP) is 4.99. The number of halogens is 1. The van der Waals surface area contributed by atoms with Gasteiger partial charge in [0.05, 0.1) is 5.57 Å². The van der Waals surface area contributed by atoms with Crippen LogP contribution < -0.4 is 0 Å². The van der Waals surface area contributed by atoms with Crippen LogP contribution in [0.4, 0.5) is 0 Å². The van der Waals surface area contributed by atoms with Gasteiger partial charge in [-0.2, -0.15) is 0 Å². The molecule has 0 aliphatic carbocycles. The fourth-order valence-corrected chi connectivity index (χ4v) is 2.35. The van der Waals surface area contributed by atoms with E-state index in [0.717, 1.165) is 15.6 Å². The summed E-state index contributed by atoms with van der Waals surface area (Å²) in [6.07, 6.45) is 7.33. The van der Waals surface area contributed by atoms with Crippen LogP contribution in [0.5, 0.6) is 0 Å². The number of hydrogen-bond donors (Lipinski definition) is 0. The summed E-state index contributed by atoms with van der Waals surface area (Å²) in [4.78, 5) is 11.9. The largest absolute Gasteiger partial charge is 0.422 e. The molecule has 0 atom stereocenters. The third kappa shape index (κ3) is 3.43. The fourth-order valence-electron chi connectivity index (χ4n) is 2.09. The van der Waals surface area contributed by atoms with Crippen molar-refractivity contribution in [2.45, 2.75) is 0 Å². The van der Waals surface area contributed by atoms with E-state index in [9.17, 15) is 4.79 Å². The highest BCUT2D eigenvalue weighted by Crippen LogP contribution is 2.27. The molecule has 0 spiro atoms. The zero-order valence-electron chi connectivity index (χ0n) is 11.7. The van der Waals surface area contributed by atoms with Gasteiger partial charge in [-0.3, -0.25) is 0 Å². The molecule has 2 aromatic rings. The van der Waals surface area contributed by atoms with Gasteiger partial charge in [0.15, 0.2) is 0 Å². The van der Waals surface area contributed by atoms with E-state index in [1.807, 2.05) is 66.7 Å². The highest BCUT2D eigenvalue weighted by molar-refractivity contribution is 9.10. The van der Waals surface area contributed by atoms with Crippen LogP contribution in [-0.2, 0) is 9.53 Å². The van der Waals surface area contributed by atoms with Gasteiger partial charge in [0.2, 0.25) is 0 Å². The fraction of sp³-hybridized carbons (Fsp3) is 0. The third-order valence-corrected chi connectivity index (χ3v) is 3.75. The molecule has 1 aliphatic rings. The molecule has 3 rings (SSSR count). The summed E-state index contributed by atoms with van der Waals surface area (Å²) in [6, 6.07) is 17.6. The first-order valence-corrected chi connectivity index (χ1v) is 7.65. The van der Waals surface area contributed by atoms with Gasteiger partial charge in [-0.25, -0.2) is 4.79 Å². The highest BCUT2D eigenvalue weighted by atomic mass is 79.9. The zero-order valence-corrected chi connectivity index (χ0v) is 13.3. The molecule has 1 heterocycles. The molecular formula is C19H13BrO2. The van der Waals surface area contributed by atoms with Gasteiger partial charge in [0, 0.05) is 10.0 Å². The minimum absolute atomic E-state index is 0.323. The summed E-state index contributed by atoms with van der Waals surface area (Å²) in [5, 5.41) is 0. The first-order chi connectivity index (χ1) is 10.7. The van der Waals surface area contributed by atoms with Gasteiger partial charge >= 0.3 is 5.97 Å². The number of carbonyl (C=O) groups excluding carboxylic acids is 1. The van der Waals surface area contributed by atoms with Crippen molar-refractivity contribution < 1.29 is 9.53 Å². The first-order valence-electron chi connectivity index (χ1n) is 6.85. The van der Waals surface area contributed by atoms with E-state index in [4.69, 9.17) is 4.74 Å². The van der Waals surface area contributed by atoms with Crippen LogP contribution in [0, 0.1) is 0 Å². The molecule has 0 N–H and O–H groups in total. The minimum atomic E-state index is -0.323. The maximum absolute atomic E-state index is 11.9. The van der Waals surface area contributed by atoms with Crippen LogP contribution in [0.15, 0.2) is 82.9 Å². The van der Waals surface area contributed by atoms with E-state index in [-0.39, 0.29) is 5.97 Å². The number of benzene rings is 2. The molecule has 0 amide bonds. The summed E-state index contributed by atoms with van der Waals surface area (Å²) < 4.78 is 6.30. The van der Waals surface area contributed by atoms with Crippen molar-refractivity contribution >= 4 is 33.7 Å². The Balaban J connectivity index is 1.79. The SMILES string of the molecule is O=C1OC(c2ccc(Br)cc2)=C/C1=C\C=C\c1ccccc1. The standard InChI is InChI=1S/C19H13BrO2/c20-17-11-9-15(10-12-17)18-13-16(19(21)22-18)8-4-7-14-5-2-1-3-6-14/h1-13H/b7-4+,16-8+. The van der Waals surface area contributed by atoms with Crippen molar-refractivity contribution in [3.8, 4) is 0 Å². The lowest BCUT2D eigenvalue weighted by atomic mass is 10.1. The molecule has 3 heteroatoms.